The molecule has 0 aliphatic heterocycles. The second kappa shape index (κ2) is 3.51. The van der Waals surface area contributed by atoms with Gasteiger partial charge in [0.2, 0.25) is 0 Å². The number of aromatic carboxylic acids is 1. The molecule has 1 N–H and O–H groups in total. The summed E-state index contributed by atoms with van der Waals surface area (Å²) in [6, 6.07) is 1.82. The maximum Gasteiger partial charge on any atom is 0.346 e. The number of carbonyl (C=O) groups is 1. The first-order chi connectivity index (χ1) is 7.11. The number of carboxylic acids is 1. The van der Waals surface area contributed by atoms with E-state index in [0.29, 0.717) is 4.88 Å². The third kappa shape index (κ3) is 1.55. The molecule has 2 heterocycles. The third-order valence-corrected chi connectivity index (χ3v) is 3.29. The van der Waals surface area contributed by atoms with E-state index in [9.17, 15) is 4.79 Å². The molecule has 2 aromatic heterocycles. The zero-order valence-corrected chi connectivity index (χ0v) is 9.21. The van der Waals surface area contributed by atoms with Gasteiger partial charge >= 0.3 is 5.97 Å². The molecule has 78 valence electrons. The molecule has 0 bridgehead atoms. The van der Waals surface area contributed by atoms with E-state index in [1.807, 2.05) is 20.0 Å². The molecule has 0 aromatic carbocycles. The first-order valence-electron chi connectivity index (χ1n) is 4.41. The Balaban J connectivity index is 2.59. The summed E-state index contributed by atoms with van der Waals surface area (Å²) in [6.07, 6.45) is 1.70. The summed E-state index contributed by atoms with van der Waals surface area (Å²) in [4.78, 5) is 11.3. The van der Waals surface area contributed by atoms with Gasteiger partial charge in [-0.15, -0.1) is 11.3 Å². The molecule has 0 spiro atoms. The van der Waals surface area contributed by atoms with Gasteiger partial charge in [-0.25, -0.2) is 4.79 Å². The van der Waals surface area contributed by atoms with Gasteiger partial charge in [-0.2, -0.15) is 5.10 Å². The van der Waals surface area contributed by atoms with Gasteiger partial charge in [0.1, 0.15) is 4.88 Å². The average molecular weight is 222 g/mol. The Kier molecular flexibility index (Phi) is 2.32. The molecule has 4 nitrogen and oxygen atoms in total. The Hall–Kier alpha value is -1.62. The first kappa shape index (κ1) is 9.92. The molecule has 5 heteroatoms. The van der Waals surface area contributed by atoms with E-state index in [-0.39, 0.29) is 0 Å². The molecule has 2 rings (SSSR count). The Morgan fingerprint density at radius 1 is 1.53 bits per heavy atom. The molecular formula is C10H10N2O2S. The lowest BCUT2D eigenvalue weighted by Gasteiger charge is -1.99. The van der Waals surface area contributed by atoms with Crippen molar-refractivity contribution >= 4 is 17.3 Å². The maximum absolute atomic E-state index is 11.0. The number of thiophene rings is 1. The zero-order valence-electron chi connectivity index (χ0n) is 8.39. The summed E-state index contributed by atoms with van der Waals surface area (Å²) in [5, 5.41) is 14.9. The molecule has 0 fully saturated rings. The molecule has 0 unspecified atom stereocenters. The Morgan fingerprint density at radius 2 is 2.27 bits per heavy atom. The van der Waals surface area contributed by atoms with Crippen LogP contribution in [-0.2, 0) is 7.05 Å². The minimum atomic E-state index is -0.886. The van der Waals surface area contributed by atoms with E-state index < -0.39 is 5.97 Å². The minimum Gasteiger partial charge on any atom is -0.477 e. The predicted octanol–water partition coefficient (Wildman–Crippen LogP) is 2.16. The van der Waals surface area contributed by atoms with Crippen LogP contribution in [0.5, 0.6) is 0 Å². The van der Waals surface area contributed by atoms with Crippen LogP contribution >= 0.6 is 11.3 Å². The number of hydrogen-bond acceptors (Lipinski definition) is 3. The van der Waals surface area contributed by atoms with Crippen molar-refractivity contribution in [3.8, 4) is 11.1 Å². The lowest BCUT2D eigenvalue weighted by Crippen LogP contribution is -1.96. The summed E-state index contributed by atoms with van der Waals surface area (Å²) >= 11 is 1.23. The highest BCUT2D eigenvalue weighted by Crippen LogP contribution is 2.30. The first-order valence-corrected chi connectivity index (χ1v) is 5.29. The van der Waals surface area contributed by atoms with E-state index in [0.717, 1.165) is 16.8 Å². The molecule has 0 aliphatic rings. The lowest BCUT2D eigenvalue weighted by molar-refractivity contribution is 0.0703. The van der Waals surface area contributed by atoms with Crippen molar-refractivity contribution in [2.24, 2.45) is 7.05 Å². The van der Waals surface area contributed by atoms with Gasteiger partial charge in [-0.3, -0.25) is 4.68 Å². The highest BCUT2D eigenvalue weighted by Gasteiger charge is 2.16. The van der Waals surface area contributed by atoms with Crippen molar-refractivity contribution < 1.29 is 9.90 Å². The van der Waals surface area contributed by atoms with E-state index in [2.05, 4.69) is 5.10 Å². The summed E-state index contributed by atoms with van der Waals surface area (Å²) < 4.78 is 1.73. The molecule has 2 aromatic rings. The van der Waals surface area contributed by atoms with Crippen LogP contribution in [0.4, 0.5) is 0 Å². The van der Waals surface area contributed by atoms with Gasteiger partial charge < -0.3 is 5.11 Å². The highest BCUT2D eigenvalue weighted by atomic mass is 32.1. The van der Waals surface area contributed by atoms with E-state index >= 15 is 0 Å². The topological polar surface area (TPSA) is 55.1 Å². The molecule has 0 saturated carbocycles. The molecule has 0 atom stereocenters. The SMILES string of the molecule is Cc1c(-c2ccsc2C(=O)O)cnn1C. The summed E-state index contributed by atoms with van der Waals surface area (Å²) in [5.74, 6) is -0.886. The van der Waals surface area contributed by atoms with Crippen LogP contribution in [0.2, 0.25) is 0 Å². The zero-order chi connectivity index (χ0) is 11.0. The monoisotopic (exact) mass is 222 g/mol. The van der Waals surface area contributed by atoms with Crippen molar-refractivity contribution in [3.63, 3.8) is 0 Å². The van der Waals surface area contributed by atoms with Crippen LogP contribution in [0.15, 0.2) is 17.6 Å². The van der Waals surface area contributed by atoms with Crippen LogP contribution in [0, 0.1) is 6.92 Å². The van der Waals surface area contributed by atoms with Crippen molar-refractivity contribution in [2.45, 2.75) is 6.92 Å². The van der Waals surface area contributed by atoms with Crippen LogP contribution in [0.1, 0.15) is 15.4 Å². The highest BCUT2D eigenvalue weighted by molar-refractivity contribution is 7.12. The van der Waals surface area contributed by atoms with Crippen LogP contribution in [0.3, 0.4) is 0 Å². The Bertz CT molecular complexity index is 513. The normalized spacial score (nSPS) is 10.5. The molecular weight excluding hydrogens is 212 g/mol. The summed E-state index contributed by atoms with van der Waals surface area (Å²) in [5.41, 5.74) is 2.60. The number of nitrogens with zero attached hydrogens (tertiary/aromatic N) is 2. The van der Waals surface area contributed by atoms with E-state index in [4.69, 9.17) is 5.11 Å². The fourth-order valence-corrected chi connectivity index (χ4v) is 2.20. The van der Waals surface area contributed by atoms with Crippen molar-refractivity contribution in [1.82, 2.24) is 9.78 Å². The molecule has 15 heavy (non-hydrogen) atoms. The van der Waals surface area contributed by atoms with Crippen LogP contribution < -0.4 is 0 Å². The van der Waals surface area contributed by atoms with Gasteiger partial charge in [0.05, 0.1) is 6.20 Å². The number of aryl methyl sites for hydroxylation is 1. The fourth-order valence-electron chi connectivity index (χ4n) is 1.45. The number of carboxylic acid groups (broad SMARTS) is 1. The van der Waals surface area contributed by atoms with Gasteiger partial charge in [-0.1, -0.05) is 0 Å². The number of aromatic nitrogens is 2. The average Bonchev–Trinajstić information content (AvgIpc) is 2.75. The number of rotatable bonds is 2. The van der Waals surface area contributed by atoms with Gasteiger partial charge in [0.25, 0.3) is 0 Å². The predicted molar refractivity (Wildman–Crippen MR) is 58.2 cm³/mol. The molecule has 0 amide bonds. The summed E-state index contributed by atoms with van der Waals surface area (Å²) in [7, 11) is 1.84. The maximum atomic E-state index is 11.0. The second-order valence-electron chi connectivity index (χ2n) is 3.24. The quantitative estimate of drug-likeness (QED) is 0.847. The standard InChI is InChI=1S/C10H10N2O2S/c1-6-8(5-11-12(6)2)7-3-4-15-9(7)10(13)14/h3-5H,1-2H3,(H,13,14). The third-order valence-electron chi connectivity index (χ3n) is 2.38. The largest absolute Gasteiger partial charge is 0.477 e. The van der Waals surface area contributed by atoms with Crippen molar-refractivity contribution in [2.75, 3.05) is 0 Å². The lowest BCUT2D eigenvalue weighted by atomic mass is 10.1. The van der Waals surface area contributed by atoms with Crippen LogP contribution in [0.25, 0.3) is 11.1 Å². The van der Waals surface area contributed by atoms with Gasteiger partial charge in [0, 0.05) is 23.9 Å². The van der Waals surface area contributed by atoms with Crippen LogP contribution in [-0.4, -0.2) is 20.9 Å². The smallest absolute Gasteiger partial charge is 0.346 e. The van der Waals surface area contributed by atoms with Gasteiger partial charge in [-0.05, 0) is 18.4 Å². The minimum absolute atomic E-state index is 0.367. The van der Waals surface area contributed by atoms with Crippen molar-refractivity contribution in [1.29, 1.82) is 0 Å². The molecule has 0 radical (unpaired) electrons. The fraction of sp³-hybridized carbons (Fsp3) is 0.200. The van der Waals surface area contributed by atoms with Gasteiger partial charge in [0.15, 0.2) is 0 Å². The Labute approximate surface area is 90.8 Å². The summed E-state index contributed by atoms with van der Waals surface area (Å²) in [6.45, 7) is 1.92. The van der Waals surface area contributed by atoms with Crippen molar-refractivity contribution in [3.05, 3.63) is 28.2 Å². The second-order valence-corrected chi connectivity index (χ2v) is 4.15. The Morgan fingerprint density at radius 3 is 2.80 bits per heavy atom. The number of hydrogen-bond donors (Lipinski definition) is 1. The molecule has 0 saturated heterocycles. The van der Waals surface area contributed by atoms with E-state index in [1.165, 1.54) is 11.3 Å². The van der Waals surface area contributed by atoms with E-state index in [1.54, 1.807) is 16.3 Å². The molecule has 0 aliphatic carbocycles.